The molecule has 0 saturated heterocycles. The lowest BCUT2D eigenvalue weighted by Gasteiger charge is -2.29. The smallest absolute Gasteiger partial charge is 0.138 e. The van der Waals surface area contributed by atoms with Crippen molar-refractivity contribution in [2.75, 3.05) is 0 Å². The molecule has 0 bridgehead atoms. The van der Waals surface area contributed by atoms with Gasteiger partial charge in [-0.25, -0.2) is 4.98 Å². The van der Waals surface area contributed by atoms with Gasteiger partial charge in [0.1, 0.15) is 12.2 Å². The molecule has 2 fully saturated rings. The molecule has 16 heavy (non-hydrogen) atoms. The first kappa shape index (κ1) is 10.3. The Balaban J connectivity index is 1.47. The average molecular weight is 220 g/mol. The Morgan fingerprint density at radius 2 is 2.19 bits per heavy atom. The van der Waals surface area contributed by atoms with Gasteiger partial charge < -0.3 is 5.32 Å². The zero-order valence-corrected chi connectivity index (χ0v) is 9.65. The van der Waals surface area contributed by atoms with Gasteiger partial charge in [-0.2, -0.15) is 5.10 Å². The van der Waals surface area contributed by atoms with Gasteiger partial charge in [-0.05, 0) is 37.5 Å². The highest BCUT2D eigenvalue weighted by Gasteiger charge is 2.34. The molecule has 3 rings (SSSR count). The van der Waals surface area contributed by atoms with E-state index in [1.807, 2.05) is 0 Å². The van der Waals surface area contributed by atoms with Crippen LogP contribution in [0.2, 0.25) is 0 Å². The van der Waals surface area contributed by atoms with Gasteiger partial charge in [0.15, 0.2) is 0 Å². The number of H-pyrrole nitrogens is 1. The zero-order chi connectivity index (χ0) is 10.8. The Kier molecular flexibility index (Phi) is 2.91. The van der Waals surface area contributed by atoms with Crippen molar-refractivity contribution in [3.05, 3.63) is 12.2 Å². The fourth-order valence-electron chi connectivity index (χ4n) is 2.97. The van der Waals surface area contributed by atoms with Crippen molar-refractivity contribution in [2.24, 2.45) is 11.8 Å². The summed E-state index contributed by atoms with van der Waals surface area (Å²) in [6.45, 7) is 0.835. The first-order valence-corrected chi connectivity index (χ1v) is 6.49. The summed E-state index contributed by atoms with van der Waals surface area (Å²) in [6, 6.07) is 0.699. The predicted octanol–water partition coefficient (Wildman–Crippen LogP) is 1.86. The monoisotopic (exact) mass is 220 g/mol. The molecule has 2 unspecified atom stereocenters. The molecule has 2 aliphatic carbocycles. The van der Waals surface area contributed by atoms with Crippen LogP contribution in [0.1, 0.15) is 44.3 Å². The van der Waals surface area contributed by atoms with E-state index in [1.54, 1.807) is 6.33 Å². The maximum atomic E-state index is 4.14. The molecule has 2 saturated carbocycles. The lowest BCUT2D eigenvalue weighted by Crippen LogP contribution is -2.34. The summed E-state index contributed by atoms with van der Waals surface area (Å²) in [5.74, 6) is 3.02. The maximum Gasteiger partial charge on any atom is 0.138 e. The fourth-order valence-corrected chi connectivity index (χ4v) is 2.97. The van der Waals surface area contributed by atoms with E-state index >= 15 is 0 Å². The summed E-state index contributed by atoms with van der Waals surface area (Å²) < 4.78 is 0. The second-order valence-corrected chi connectivity index (χ2v) is 5.27. The number of aromatic nitrogens is 3. The first-order chi connectivity index (χ1) is 7.92. The second-order valence-electron chi connectivity index (χ2n) is 5.27. The van der Waals surface area contributed by atoms with Crippen LogP contribution < -0.4 is 5.32 Å². The van der Waals surface area contributed by atoms with Crippen molar-refractivity contribution < 1.29 is 0 Å². The van der Waals surface area contributed by atoms with Crippen LogP contribution in [0.5, 0.6) is 0 Å². The maximum absolute atomic E-state index is 4.14. The van der Waals surface area contributed by atoms with Gasteiger partial charge in [-0.15, -0.1) is 0 Å². The highest BCUT2D eigenvalue weighted by Crippen LogP contribution is 2.43. The van der Waals surface area contributed by atoms with Crippen LogP contribution in [0.25, 0.3) is 0 Å². The van der Waals surface area contributed by atoms with E-state index in [0.717, 1.165) is 24.2 Å². The summed E-state index contributed by atoms with van der Waals surface area (Å²) in [7, 11) is 0. The third-order valence-corrected chi connectivity index (χ3v) is 4.03. The molecule has 2 atom stereocenters. The first-order valence-electron chi connectivity index (χ1n) is 6.49. The van der Waals surface area contributed by atoms with E-state index in [2.05, 4.69) is 20.5 Å². The topological polar surface area (TPSA) is 53.6 Å². The van der Waals surface area contributed by atoms with Gasteiger partial charge in [0.05, 0.1) is 6.54 Å². The van der Waals surface area contributed by atoms with Crippen LogP contribution >= 0.6 is 0 Å². The summed E-state index contributed by atoms with van der Waals surface area (Å²) in [5, 5.41) is 10.4. The minimum atomic E-state index is 0.699. The van der Waals surface area contributed by atoms with Crippen molar-refractivity contribution in [2.45, 2.75) is 51.1 Å². The molecule has 1 aromatic heterocycles. The van der Waals surface area contributed by atoms with Crippen LogP contribution in [0.3, 0.4) is 0 Å². The van der Waals surface area contributed by atoms with E-state index in [0.29, 0.717) is 6.04 Å². The largest absolute Gasteiger partial charge is 0.307 e. The minimum Gasteiger partial charge on any atom is -0.307 e. The molecule has 2 aliphatic rings. The summed E-state index contributed by atoms with van der Waals surface area (Å²) in [4.78, 5) is 4.14. The van der Waals surface area contributed by atoms with Crippen LogP contribution in [0.4, 0.5) is 0 Å². The third kappa shape index (κ3) is 2.43. The molecule has 0 amide bonds. The Hall–Kier alpha value is -0.900. The van der Waals surface area contributed by atoms with E-state index < -0.39 is 0 Å². The highest BCUT2D eigenvalue weighted by molar-refractivity contribution is 4.89. The molecule has 4 nitrogen and oxygen atoms in total. The molecule has 4 heteroatoms. The predicted molar refractivity (Wildman–Crippen MR) is 61.7 cm³/mol. The Morgan fingerprint density at radius 1 is 1.25 bits per heavy atom. The van der Waals surface area contributed by atoms with Crippen LogP contribution in [-0.2, 0) is 6.54 Å². The number of hydrogen-bond donors (Lipinski definition) is 2. The third-order valence-electron chi connectivity index (χ3n) is 4.03. The van der Waals surface area contributed by atoms with Gasteiger partial charge in [-0.1, -0.05) is 12.8 Å². The van der Waals surface area contributed by atoms with Crippen LogP contribution in [0, 0.1) is 11.8 Å². The molecule has 0 aliphatic heterocycles. The standard InChI is InChI=1S/C12H20N4/c1-2-10(9-4-5-9)6-11(3-1)13-7-12-14-8-15-16-12/h8-11,13H,1-7H2,(H,14,15,16). The van der Waals surface area contributed by atoms with Gasteiger partial charge in [0, 0.05) is 6.04 Å². The normalized spacial score (nSPS) is 30.5. The molecular formula is C12H20N4. The number of hydrogen-bond acceptors (Lipinski definition) is 3. The second kappa shape index (κ2) is 4.53. The molecular weight excluding hydrogens is 200 g/mol. The van der Waals surface area contributed by atoms with Crippen molar-refractivity contribution in [3.63, 3.8) is 0 Å². The van der Waals surface area contributed by atoms with Crippen molar-refractivity contribution in [1.82, 2.24) is 20.5 Å². The molecule has 88 valence electrons. The number of nitrogens with zero attached hydrogens (tertiary/aromatic N) is 2. The van der Waals surface area contributed by atoms with Crippen molar-refractivity contribution >= 4 is 0 Å². The highest BCUT2D eigenvalue weighted by atomic mass is 15.2. The van der Waals surface area contributed by atoms with Crippen molar-refractivity contribution in [1.29, 1.82) is 0 Å². The number of aromatic amines is 1. The fraction of sp³-hybridized carbons (Fsp3) is 0.833. The van der Waals surface area contributed by atoms with Gasteiger partial charge in [-0.3, -0.25) is 5.10 Å². The van der Waals surface area contributed by atoms with Gasteiger partial charge in [0.25, 0.3) is 0 Å². The molecule has 1 heterocycles. The van der Waals surface area contributed by atoms with Crippen molar-refractivity contribution in [3.8, 4) is 0 Å². The van der Waals surface area contributed by atoms with E-state index in [1.165, 1.54) is 38.5 Å². The van der Waals surface area contributed by atoms with E-state index in [9.17, 15) is 0 Å². The summed E-state index contributed by atoms with van der Waals surface area (Å²) in [6.07, 6.45) is 10.1. The van der Waals surface area contributed by atoms with E-state index in [-0.39, 0.29) is 0 Å². The lowest BCUT2D eigenvalue weighted by molar-refractivity contribution is 0.259. The zero-order valence-electron chi connectivity index (χ0n) is 9.65. The summed E-state index contributed by atoms with van der Waals surface area (Å²) >= 11 is 0. The minimum absolute atomic E-state index is 0.699. The Labute approximate surface area is 96.2 Å². The molecule has 0 aromatic carbocycles. The average Bonchev–Trinajstić information content (AvgIpc) is 3.05. The number of rotatable bonds is 4. The molecule has 0 spiro atoms. The quantitative estimate of drug-likeness (QED) is 0.814. The SMILES string of the molecule is c1n[nH]c(CNC2CCCC(C3CC3)C2)n1. The van der Waals surface area contributed by atoms with Crippen LogP contribution in [-0.4, -0.2) is 21.2 Å². The number of nitrogens with one attached hydrogen (secondary N) is 2. The van der Waals surface area contributed by atoms with Crippen LogP contribution in [0.15, 0.2) is 6.33 Å². The van der Waals surface area contributed by atoms with Gasteiger partial charge >= 0.3 is 0 Å². The van der Waals surface area contributed by atoms with E-state index in [4.69, 9.17) is 0 Å². The molecule has 0 radical (unpaired) electrons. The lowest BCUT2D eigenvalue weighted by atomic mass is 9.83. The summed E-state index contributed by atoms with van der Waals surface area (Å²) in [5.41, 5.74) is 0. The molecule has 1 aromatic rings. The Morgan fingerprint density at radius 3 is 2.94 bits per heavy atom. The van der Waals surface area contributed by atoms with Gasteiger partial charge in [0.2, 0.25) is 0 Å². The Bertz CT molecular complexity index is 318. The molecule has 2 N–H and O–H groups in total.